The van der Waals surface area contributed by atoms with Crippen LogP contribution in [0, 0.1) is 0 Å². The van der Waals surface area contributed by atoms with E-state index in [4.69, 9.17) is 9.84 Å². The molecule has 0 saturated heterocycles. The summed E-state index contributed by atoms with van der Waals surface area (Å²) in [4.78, 5) is 10.7. The fourth-order valence-corrected chi connectivity index (χ4v) is 1.46. The lowest BCUT2D eigenvalue weighted by Crippen LogP contribution is -2.52. The number of hydrogen-bond acceptors (Lipinski definition) is 4. The molecule has 0 heterocycles. The van der Waals surface area contributed by atoms with E-state index in [0.29, 0.717) is 6.54 Å². The smallest absolute Gasteiger partial charge is 0.323 e. The average molecular weight is 203 g/mol. The average Bonchev–Trinajstić information content (AvgIpc) is 2.08. The Morgan fingerprint density at radius 3 is 2.64 bits per heavy atom. The van der Waals surface area contributed by atoms with E-state index in [1.165, 1.54) is 7.11 Å². The molecule has 82 valence electrons. The first-order chi connectivity index (χ1) is 6.57. The lowest BCUT2D eigenvalue weighted by atomic mass is 9.80. The van der Waals surface area contributed by atoms with E-state index < -0.39 is 17.6 Å². The summed E-state index contributed by atoms with van der Waals surface area (Å²) in [6.45, 7) is 0.443. The standard InChI is InChI=1S/C9H17NO4/c1-14-5-7(8(11)12)10-6-9(13)3-2-4-9/h7,10,13H,2-6H2,1H3,(H,11,12). The van der Waals surface area contributed by atoms with Gasteiger partial charge in [-0.25, -0.2) is 0 Å². The van der Waals surface area contributed by atoms with Crippen LogP contribution in [0.4, 0.5) is 0 Å². The Labute approximate surface area is 83.1 Å². The number of carboxylic acids is 1. The molecule has 5 heteroatoms. The van der Waals surface area contributed by atoms with Crippen LogP contribution in [-0.2, 0) is 9.53 Å². The van der Waals surface area contributed by atoms with Gasteiger partial charge in [0.25, 0.3) is 0 Å². The number of aliphatic carboxylic acids is 1. The van der Waals surface area contributed by atoms with Gasteiger partial charge in [-0.3, -0.25) is 10.1 Å². The SMILES string of the molecule is COCC(NCC1(O)CCC1)C(=O)O. The predicted molar refractivity (Wildman–Crippen MR) is 50.1 cm³/mol. The molecule has 0 aliphatic heterocycles. The molecule has 0 bridgehead atoms. The molecule has 1 fully saturated rings. The molecular formula is C9H17NO4. The van der Waals surface area contributed by atoms with Gasteiger partial charge < -0.3 is 14.9 Å². The number of aliphatic hydroxyl groups is 1. The zero-order valence-electron chi connectivity index (χ0n) is 8.32. The molecule has 0 spiro atoms. The van der Waals surface area contributed by atoms with Crippen LogP contribution in [0.2, 0.25) is 0 Å². The van der Waals surface area contributed by atoms with E-state index in [2.05, 4.69) is 5.32 Å². The molecular weight excluding hydrogens is 186 g/mol. The van der Waals surface area contributed by atoms with Gasteiger partial charge in [-0.05, 0) is 19.3 Å². The van der Waals surface area contributed by atoms with E-state index >= 15 is 0 Å². The first kappa shape index (κ1) is 11.4. The van der Waals surface area contributed by atoms with Gasteiger partial charge in [0.15, 0.2) is 0 Å². The van der Waals surface area contributed by atoms with Crippen LogP contribution >= 0.6 is 0 Å². The fourth-order valence-electron chi connectivity index (χ4n) is 1.46. The maximum absolute atomic E-state index is 10.7. The van der Waals surface area contributed by atoms with Crippen molar-refractivity contribution in [2.45, 2.75) is 30.9 Å². The van der Waals surface area contributed by atoms with Crippen molar-refractivity contribution in [2.75, 3.05) is 20.3 Å². The Hall–Kier alpha value is -0.650. The molecule has 0 amide bonds. The van der Waals surface area contributed by atoms with Gasteiger partial charge in [-0.1, -0.05) is 0 Å². The van der Waals surface area contributed by atoms with Gasteiger partial charge in [0.1, 0.15) is 6.04 Å². The highest BCUT2D eigenvalue weighted by Crippen LogP contribution is 2.30. The van der Waals surface area contributed by atoms with E-state index in [0.717, 1.165) is 19.3 Å². The molecule has 0 radical (unpaired) electrons. The minimum absolute atomic E-state index is 0.116. The third-order valence-electron chi connectivity index (χ3n) is 2.59. The third-order valence-corrected chi connectivity index (χ3v) is 2.59. The predicted octanol–water partition coefficient (Wildman–Crippen LogP) is -0.409. The summed E-state index contributed by atoms with van der Waals surface area (Å²) >= 11 is 0. The van der Waals surface area contributed by atoms with Gasteiger partial charge in [-0.2, -0.15) is 0 Å². The Kier molecular flexibility index (Phi) is 3.86. The van der Waals surface area contributed by atoms with Gasteiger partial charge in [0.2, 0.25) is 0 Å². The lowest BCUT2D eigenvalue weighted by Gasteiger charge is -2.37. The van der Waals surface area contributed by atoms with Crippen LogP contribution in [0.3, 0.4) is 0 Å². The minimum Gasteiger partial charge on any atom is -0.480 e. The third kappa shape index (κ3) is 2.94. The lowest BCUT2D eigenvalue weighted by molar-refractivity contribution is -0.141. The molecule has 1 aliphatic carbocycles. The van der Waals surface area contributed by atoms with Crippen molar-refractivity contribution in [1.29, 1.82) is 0 Å². The van der Waals surface area contributed by atoms with Crippen molar-refractivity contribution in [1.82, 2.24) is 5.32 Å². The van der Waals surface area contributed by atoms with E-state index in [1.807, 2.05) is 0 Å². The van der Waals surface area contributed by atoms with Crippen molar-refractivity contribution in [3.05, 3.63) is 0 Å². The molecule has 0 aromatic heterocycles. The van der Waals surface area contributed by atoms with Gasteiger partial charge >= 0.3 is 5.97 Å². The van der Waals surface area contributed by atoms with Gasteiger partial charge in [0.05, 0.1) is 12.2 Å². The zero-order chi connectivity index (χ0) is 10.6. The molecule has 1 aliphatic rings. The maximum atomic E-state index is 10.7. The fraction of sp³-hybridized carbons (Fsp3) is 0.889. The number of hydrogen-bond donors (Lipinski definition) is 3. The van der Waals surface area contributed by atoms with Crippen LogP contribution in [0.5, 0.6) is 0 Å². The molecule has 3 N–H and O–H groups in total. The Bertz CT molecular complexity index is 203. The Morgan fingerprint density at radius 2 is 2.29 bits per heavy atom. The second kappa shape index (κ2) is 4.72. The van der Waals surface area contributed by atoms with Crippen LogP contribution in [0.15, 0.2) is 0 Å². The number of carbonyl (C=O) groups is 1. The summed E-state index contributed by atoms with van der Waals surface area (Å²) in [5.41, 5.74) is -0.693. The second-order valence-corrected chi connectivity index (χ2v) is 3.80. The van der Waals surface area contributed by atoms with Gasteiger partial charge in [-0.15, -0.1) is 0 Å². The molecule has 0 aromatic carbocycles. The van der Waals surface area contributed by atoms with Crippen LogP contribution in [0.25, 0.3) is 0 Å². The molecule has 1 atom stereocenters. The summed E-state index contributed by atoms with van der Waals surface area (Å²) < 4.78 is 4.76. The highest BCUT2D eigenvalue weighted by Gasteiger charge is 2.35. The molecule has 5 nitrogen and oxygen atoms in total. The second-order valence-electron chi connectivity index (χ2n) is 3.80. The van der Waals surface area contributed by atoms with Crippen molar-refractivity contribution < 1.29 is 19.7 Å². The van der Waals surface area contributed by atoms with E-state index in [9.17, 15) is 9.90 Å². The largest absolute Gasteiger partial charge is 0.480 e. The van der Waals surface area contributed by atoms with Crippen LogP contribution in [0.1, 0.15) is 19.3 Å². The van der Waals surface area contributed by atoms with Crippen LogP contribution in [-0.4, -0.2) is 48.1 Å². The highest BCUT2D eigenvalue weighted by molar-refractivity contribution is 5.73. The summed E-state index contributed by atoms with van der Waals surface area (Å²) in [7, 11) is 1.45. The number of methoxy groups -OCH3 is 1. The molecule has 14 heavy (non-hydrogen) atoms. The monoisotopic (exact) mass is 203 g/mol. The Morgan fingerprint density at radius 1 is 1.64 bits per heavy atom. The zero-order valence-corrected chi connectivity index (χ0v) is 8.32. The summed E-state index contributed by atoms with van der Waals surface area (Å²) in [6.07, 6.45) is 2.51. The van der Waals surface area contributed by atoms with E-state index in [-0.39, 0.29) is 6.61 Å². The van der Waals surface area contributed by atoms with Crippen LogP contribution < -0.4 is 5.32 Å². The highest BCUT2D eigenvalue weighted by atomic mass is 16.5. The first-order valence-corrected chi connectivity index (χ1v) is 4.75. The van der Waals surface area contributed by atoms with Crippen molar-refractivity contribution in [3.63, 3.8) is 0 Å². The van der Waals surface area contributed by atoms with Crippen molar-refractivity contribution in [2.24, 2.45) is 0 Å². The molecule has 1 saturated carbocycles. The van der Waals surface area contributed by atoms with E-state index in [1.54, 1.807) is 0 Å². The quantitative estimate of drug-likeness (QED) is 0.547. The Balaban J connectivity index is 2.28. The summed E-state index contributed by atoms with van der Waals surface area (Å²) in [6, 6.07) is -0.732. The topological polar surface area (TPSA) is 78.8 Å². The normalized spacial score (nSPS) is 21.3. The summed E-state index contributed by atoms with van der Waals surface area (Å²) in [5, 5.41) is 21.3. The first-order valence-electron chi connectivity index (χ1n) is 4.75. The molecule has 1 rings (SSSR count). The number of carboxylic acid groups (broad SMARTS) is 1. The van der Waals surface area contributed by atoms with Crippen molar-refractivity contribution in [3.8, 4) is 0 Å². The summed E-state index contributed by atoms with van der Waals surface area (Å²) in [5.74, 6) is -0.949. The molecule has 0 aromatic rings. The minimum atomic E-state index is -0.949. The number of ether oxygens (including phenoxy) is 1. The maximum Gasteiger partial charge on any atom is 0.323 e. The van der Waals surface area contributed by atoms with Gasteiger partial charge in [0, 0.05) is 13.7 Å². The van der Waals surface area contributed by atoms with Crippen molar-refractivity contribution >= 4 is 5.97 Å². The number of rotatable bonds is 6. The molecule has 1 unspecified atom stereocenters. The number of nitrogens with one attached hydrogen (secondary N) is 1.